The van der Waals surface area contributed by atoms with Gasteiger partial charge in [-0.05, 0) is 55.0 Å². The topological polar surface area (TPSA) is 68.5 Å². The summed E-state index contributed by atoms with van der Waals surface area (Å²) in [6, 6.07) is 14.1. The standard InChI is InChI=1S/C19H16BrNO4/c1-2-24-19(23)12-3-6-15(7-4-12)21-11-13-9-18(22)25-17-10-14(20)5-8-16(13)17/h3-10,21H,2,11H2,1H3. The summed E-state index contributed by atoms with van der Waals surface area (Å²) in [6.45, 7) is 2.58. The minimum atomic E-state index is -0.389. The first-order chi connectivity index (χ1) is 12.1. The van der Waals surface area contributed by atoms with E-state index in [0.717, 1.165) is 21.1 Å². The first kappa shape index (κ1) is 17.2. The molecule has 0 amide bonds. The summed E-state index contributed by atoms with van der Waals surface area (Å²) in [4.78, 5) is 23.4. The molecule has 3 aromatic rings. The Labute approximate surface area is 152 Å². The van der Waals surface area contributed by atoms with Gasteiger partial charge in [0.15, 0.2) is 0 Å². The van der Waals surface area contributed by atoms with Crippen molar-refractivity contribution in [2.45, 2.75) is 13.5 Å². The number of esters is 1. The Morgan fingerprint density at radius 1 is 1.16 bits per heavy atom. The van der Waals surface area contributed by atoms with Gasteiger partial charge in [0, 0.05) is 28.2 Å². The van der Waals surface area contributed by atoms with Crippen LogP contribution in [0.4, 0.5) is 5.69 Å². The van der Waals surface area contributed by atoms with Crippen molar-refractivity contribution in [2.24, 2.45) is 0 Å². The molecule has 0 unspecified atom stereocenters. The van der Waals surface area contributed by atoms with E-state index < -0.39 is 0 Å². The lowest BCUT2D eigenvalue weighted by atomic mass is 10.1. The monoisotopic (exact) mass is 401 g/mol. The lowest BCUT2D eigenvalue weighted by molar-refractivity contribution is 0.0526. The fourth-order valence-electron chi connectivity index (χ4n) is 2.49. The second-order valence-electron chi connectivity index (χ2n) is 5.38. The van der Waals surface area contributed by atoms with E-state index in [4.69, 9.17) is 9.15 Å². The van der Waals surface area contributed by atoms with Crippen LogP contribution in [-0.2, 0) is 11.3 Å². The minimum absolute atomic E-state index is 0.341. The highest BCUT2D eigenvalue weighted by atomic mass is 79.9. The van der Waals surface area contributed by atoms with Gasteiger partial charge < -0.3 is 14.5 Å². The summed E-state index contributed by atoms with van der Waals surface area (Å²) < 4.78 is 11.0. The van der Waals surface area contributed by atoms with E-state index in [2.05, 4.69) is 21.2 Å². The van der Waals surface area contributed by atoms with Gasteiger partial charge in [-0.25, -0.2) is 9.59 Å². The molecule has 0 atom stereocenters. The third-order valence-electron chi connectivity index (χ3n) is 3.67. The largest absolute Gasteiger partial charge is 0.462 e. The van der Waals surface area contributed by atoms with Crippen LogP contribution in [0.5, 0.6) is 0 Å². The molecule has 0 fully saturated rings. The number of halogens is 1. The Balaban J connectivity index is 1.79. The maximum atomic E-state index is 11.7. The molecule has 0 aliphatic carbocycles. The van der Waals surface area contributed by atoms with Gasteiger partial charge in [-0.3, -0.25) is 0 Å². The van der Waals surface area contributed by atoms with Crippen LogP contribution in [0.25, 0.3) is 11.0 Å². The van der Waals surface area contributed by atoms with Crippen LogP contribution in [0, 0.1) is 0 Å². The molecular formula is C19H16BrNO4. The Morgan fingerprint density at radius 3 is 2.64 bits per heavy atom. The van der Waals surface area contributed by atoms with Crippen LogP contribution in [0.3, 0.4) is 0 Å². The molecule has 25 heavy (non-hydrogen) atoms. The number of anilines is 1. The molecule has 6 heteroatoms. The quantitative estimate of drug-likeness (QED) is 0.508. The van der Waals surface area contributed by atoms with Gasteiger partial charge in [0.05, 0.1) is 12.2 Å². The zero-order chi connectivity index (χ0) is 17.8. The number of carbonyl (C=O) groups excluding carboxylic acids is 1. The zero-order valence-corrected chi connectivity index (χ0v) is 15.1. The number of fused-ring (bicyclic) bond motifs is 1. The van der Waals surface area contributed by atoms with E-state index in [1.54, 1.807) is 37.3 Å². The fraction of sp³-hybridized carbons (Fsp3) is 0.158. The van der Waals surface area contributed by atoms with Crippen molar-refractivity contribution < 1.29 is 13.9 Å². The molecule has 3 rings (SSSR count). The first-order valence-electron chi connectivity index (χ1n) is 7.80. The number of carbonyl (C=O) groups is 1. The molecule has 0 saturated carbocycles. The number of ether oxygens (including phenoxy) is 1. The summed E-state index contributed by atoms with van der Waals surface area (Å²) in [5.41, 5.74) is 2.33. The summed E-state index contributed by atoms with van der Waals surface area (Å²) >= 11 is 3.37. The number of hydrogen-bond acceptors (Lipinski definition) is 5. The molecule has 128 valence electrons. The maximum absolute atomic E-state index is 11.7. The normalized spacial score (nSPS) is 10.6. The fourth-order valence-corrected chi connectivity index (χ4v) is 2.83. The average Bonchev–Trinajstić information content (AvgIpc) is 2.59. The summed E-state index contributed by atoms with van der Waals surface area (Å²) in [5, 5.41) is 4.12. The predicted molar refractivity (Wildman–Crippen MR) is 99.9 cm³/mol. The average molecular weight is 402 g/mol. The van der Waals surface area contributed by atoms with Crippen molar-refractivity contribution in [3.05, 3.63) is 74.6 Å². The summed E-state index contributed by atoms with van der Waals surface area (Å²) in [6.07, 6.45) is 0. The van der Waals surface area contributed by atoms with Crippen LogP contribution in [0.1, 0.15) is 22.8 Å². The van der Waals surface area contributed by atoms with Gasteiger partial charge >= 0.3 is 11.6 Å². The molecular weight excluding hydrogens is 386 g/mol. The second kappa shape index (κ2) is 7.53. The third kappa shape index (κ3) is 4.09. The summed E-state index contributed by atoms with van der Waals surface area (Å²) in [5.74, 6) is -0.341. The van der Waals surface area contributed by atoms with E-state index in [-0.39, 0.29) is 11.6 Å². The SMILES string of the molecule is CCOC(=O)c1ccc(NCc2cc(=O)oc3cc(Br)ccc23)cc1. The van der Waals surface area contributed by atoms with Crippen molar-refractivity contribution in [1.82, 2.24) is 0 Å². The molecule has 5 nitrogen and oxygen atoms in total. The number of nitrogens with one attached hydrogen (secondary N) is 1. The van der Waals surface area contributed by atoms with Gasteiger partial charge in [-0.1, -0.05) is 15.9 Å². The van der Waals surface area contributed by atoms with E-state index in [1.807, 2.05) is 12.1 Å². The molecule has 1 aromatic heterocycles. The molecule has 2 aromatic carbocycles. The van der Waals surface area contributed by atoms with E-state index in [0.29, 0.717) is 24.3 Å². The van der Waals surface area contributed by atoms with Crippen LogP contribution < -0.4 is 10.9 Å². The Kier molecular flexibility index (Phi) is 5.19. The predicted octanol–water partition coefficient (Wildman–Crippen LogP) is 4.34. The van der Waals surface area contributed by atoms with Crippen molar-refractivity contribution in [1.29, 1.82) is 0 Å². The highest BCUT2D eigenvalue weighted by Crippen LogP contribution is 2.22. The molecule has 0 aliphatic heterocycles. The lowest BCUT2D eigenvalue weighted by Crippen LogP contribution is -2.07. The van der Waals surface area contributed by atoms with Crippen LogP contribution in [0.15, 0.2) is 62.2 Å². The van der Waals surface area contributed by atoms with Crippen molar-refractivity contribution in [3.8, 4) is 0 Å². The lowest BCUT2D eigenvalue weighted by Gasteiger charge is -2.09. The van der Waals surface area contributed by atoms with Crippen molar-refractivity contribution in [2.75, 3.05) is 11.9 Å². The number of benzene rings is 2. The smallest absolute Gasteiger partial charge is 0.338 e. The van der Waals surface area contributed by atoms with Crippen molar-refractivity contribution >= 4 is 38.6 Å². The molecule has 0 saturated heterocycles. The van der Waals surface area contributed by atoms with Crippen LogP contribution >= 0.6 is 15.9 Å². The van der Waals surface area contributed by atoms with Gasteiger partial charge in [0.1, 0.15) is 5.58 Å². The second-order valence-corrected chi connectivity index (χ2v) is 6.30. The van der Waals surface area contributed by atoms with Gasteiger partial charge in [-0.2, -0.15) is 0 Å². The molecule has 0 bridgehead atoms. The highest BCUT2D eigenvalue weighted by molar-refractivity contribution is 9.10. The maximum Gasteiger partial charge on any atom is 0.338 e. The Morgan fingerprint density at radius 2 is 1.92 bits per heavy atom. The molecule has 1 N–H and O–H groups in total. The molecule has 1 heterocycles. The minimum Gasteiger partial charge on any atom is -0.462 e. The molecule has 0 aliphatic rings. The highest BCUT2D eigenvalue weighted by Gasteiger charge is 2.08. The third-order valence-corrected chi connectivity index (χ3v) is 4.16. The van der Waals surface area contributed by atoms with E-state index in [9.17, 15) is 9.59 Å². The Hall–Kier alpha value is -2.60. The first-order valence-corrected chi connectivity index (χ1v) is 8.59. The number of rotatable bonds is 5. The molecule has 0 radical (unpaired) electrons. The van der Waals surface area contributed by atoms with Crippen molar-refractivity contribution in [3.63, 3.8) is 0 Å². The zero-order valence-electron chi connectivity index (χ0n) is 13.5. The number of hydrogen-bond donors (Lipinski definition) is 1. The van der Waals surface area contributed by atoms with Gasteiger partial charge in [-0.15, -0.1) is 0 Å². The Bertz CT molecular complexity index is 963. The van der Waals surface area contributed by atoms with E-state index in [1.165, 1.54) is 6.07 Å². The molecule has 0 spiro atoms. The summed E-state index contributed by atoms with van der Waals surface area (Å²) in [7, 11) is 0. The van der Waals surface area contributed by atoms with Crippen LogP contribution in [-0.4, -0.2) is 12.6 Å². The van der Waals surface area contributed by atoms with E-state index >= 15 is 0 Å². The van der Waals surface area contributed by atoms with Gasteiger partial charge in [0.2, 0.25) is 0 Å². The van der Waals surface area contributed by atoms with Crippen LogP contribution in [0.2, 0.25) is 0 Å². The van der Waals surface area contributed by atoms with Gasteiger partial charge in [0.25, 0.3) is 0 Å².